The number of rotatable bonds is 6. The van der Waals surface area contributed by atoms with Crippen LogP contribution < -0.4 is 10.5 Å². The summed E-state index contributed by atoms with van der Waals surface area (Å²) in [5.74, 6) is 0.385. The number of anilines is 1. The first kappa shape index (κ1) is 22.0. The number of nitrogens with two attached hydrogens (primary N) is 1. The van der Waals surface area contributed by atoms with Gasteiger partial charge in [-0.25, -0.2) is 22.9 Å². The highest BCUT2D eigenvalue weighted by molar-refractivity contribution is 7.89. The number of likely N-dealkylation sites (tertiary alicyclic amines) is 1. The van der Waals surface area contributed by atoms with E-state index in [1.165, 1.54) is 4.90 Å². The van der Waals surface area contributed by atoms with Crippen molar-refractivity contribution in [3.8, 4) is 11.3 Å². The zero-order valence-electron chi connectivity index (χ0n) is 17.7. The van der Waals surface area contributed by atoms with Gasteiger partial charge >= 0.3 is 6.09 Å². The van der Waals surface area contributed by atoms with Crippen molar-refractivity contribution >= 4 is 32.8 Å². The van der Waals surface area contributed by atoms with Crippen LogP contribution in [0.5, 0.6) is 0 Å². The van der Waals surface area contributed by atoms with Crippen LogP contribution in [-0.2, 0) is 16.6 Å². The second-order valence-electron chi connectivity index (χ2n) is 7.83. The molecule has 0 bridgehead atoms. The van der Waals surface area contributed by atoms with Crippen LogP contribution in [0.3, 0.4) is 0 Å². The number of hydrogen-bond donors (Lipinski definition) is 3. The van der Waals surface area contributed by atoms with Gasteiger partial charge in [0.25, 0.3) is 0 Å². The normalized spacial score (nSPS) is 17.0. The smallest absolute Gasteiger partial charge is 0.407 e. The number of fused-ring (bicyclic) bond motifs is 1. The molecule has 4 rings (SSSR count). The van der Waals surface area contributed by atoms with E-state index in [2.05, 4.69) is 9.71 Å². The quantitative estimate of drug-likeness (QED) is 0.515. The Labute approximate surface area is 186 Å². The highest BCUT2D eigenvalue weighted by Gasteiger charge is 2.27. The van der Waals surface area contributed by atoms with E-state index < -0.39 is 16.1 Å². The second kappa shape index (κ2) is 8.75. The van der Waals surface area contributed by atoms with Gasteiger partial charge in [0.2, 0.25) is 10.0 Å². The SMILES string of the molecule is CCS(=O)(=O)NCc1ccc(-c2nn([C@@H]3CCCN(C(=O)O)C3)c3ccnc(N)c23)cc1. The van der Waals surface area contributed by atoms with Crippen LogP contribution in [0.1, 0.15) is 31.4 Å². The van der Waals surface area contributed by atoms with Crippen molar-refractivity contribution in [2.75, 3.05) is 24.6 Å². The summed E-state index contributed by atoms with van der Waals surface area (Å²) in [6.45, 7) is 2.69. The summed E-state index contributed by atoms with van der Waals surface area (Å²) in [5, 5.41) is 15.0. The van der Waals surface area contributed by atoms with E-state index in [-0.39, 0.29) is 18.3 Å². The number of nitrogens with zero attached hydrogens (tertiary/aromatic N) is 4. The Balaban J connectivity index is 1.68. The summed E-state index contributed by atoms with van der Waals surface area (Å²) in [6, 6.07) is 9.18. The third kappa shape index (κ3) is 4.39. The lowest BCUT2D eigenvalue weighted by atomic mass is 10.1. The molecule has 1 atom stereocenters. The Morgan fingerprint density at radius 2 is 2.03 bits per heavy atom. The third-order valence-electron chi connectivity index (χ3n) is 5.77. The number of piperidine rings is 1. The van der Waals surface area contributed by atoms with E-state index in [0.29, 0.717) is 24.6 Å². The second-order valence-corrected chi connectivity index (χ2v) is 9.93. The van der Waals surface area contributed by atoms with E-state index in [0.717, 1.165) is 34.9 Å². The Kier molecular flexibility index (Phi) is 6.02. The average molecular weight is 459 g/mol. The summed E-state index contributed by atoms with van der Waals surface area (Å²) in [7, 11) is -3.27. The number of nitrogens with one attached hydrogen (secondary N) is 1. The first-order valence-electron chi connectivity index (χ1n) is 10.5. The van der Waals surface area contributed by atoms with Crippen molar-refractivity contribution in [1.82, 2.24) is 24.4 Å². The Morgan fingerprint density at radius 1 is 1.28 bits per heavy atom. The molecule has 3 aromatic rings. The first-order chi connectivity index (χ1) is 15.3. The molecule has 0 aliphatic carbocycles. The molecule has 1 aliphatic heterocycles. The van der Waals surface area contributed by atoms with Crippen molar-refractivity contribution in [3.63, 3.8) is 0 Å². The fourth-order valence-electron chi connectivity index (χ4n) is 4.00. The summed E-state index contributed by atoms with van der Waals surface area (Å²) in [5.41, 5.74) is 9.33. The van der Waals surface area contributed by atoms with Gasteiger partial charge in [-0.2, -0.15) is 5.10 Å². The van der Waals surface area contributed by atoms with Gasteiger partial charge < -0.3 is 15.7 Å². The third-order valence-corrected chi connectivity index (χ3v) is 7.11. The summed E-state index contributed by atoms with van der Waals surface area (Å²) in [4.78, 5) is 17.1. The number of sulfonamides is 1. The predicted octanol–water partition coefficient (Wildman–Crippen LogP) is 2.43. The van der Waals surface area contributed by atoms with Gasteiger partial charge in [0.15, 0.2) is 0 Å². The molecule has 170 valence electrons. The number of pyridine rings is 1. The van der Waals surface area contributed by atoms with Crippen LogP contribution >= 0.6 is 0 Å². The molecule has 1 amide bonds. The van der Waals surface area contributed by atoms with Crippen LogP contribution in [0.25, 0.3) is 22.2 Å². The maximum Gasteiger partial charge on any atom is 0.407 e. The maximum absolute atomic E-state index is 11.7. The Morgan fingerprint density at radius 3 is 2.72 bits per heavy atom. The van der Waals surface area contributed by atoms with Gasteiger partial charge in [-0.05, 0) is 31.4 Å². The standard InChI is InChI=1S/C21H26N6O4S/c1-2-32(30,31)24-12-14-5-7-15(8-6-14)19-18-17(9-10-23-20(18)22)27(25-19)16-4-3-11-26(13-16)21(28)29/h5-10,16,24H,2-4,11-13H2,1H3,(H2,22,23)(H,28,29)/t16-/m1/s1. The minimum atomic E-state index is -3.27. The van der Waals surface area contributed by atoms with Crippen LogP contribution in [0, 0.1) is 0 Å². The molecule has 32 heavy (non-hydrogen) atoms. The van der Waals surface area contributed by atoms with E-state index in [9.17, 15) is 18.3 Å². The number of aromatic nitrogens is 3. The average Bonchev–Trinajstić information content (AvgIpc) is 3.19. The lowest BCUT2D eigenvalue weighted by Gasteiger charge is -2.31. The van der Waals surface area contributed by atoms with Crippen molar-refractivity contribution in [2.24, 2.45) is 0 Å². The molecule has 4 N–H and O–H groups in total. The zero-order valence-corrected chi connectivity index (χ0v) is 18.5. The van der Waals surface area contributed by atoms with E-state index >= 15 is 0 Å². The van der Waals surface area contributed by atoms with Crippen molar-refractivity contribution < 1.29 is 18.3 Å². The fraction of sp³-hybridized carbons (Fsp3) is 0.381. The molecule has 10 nitrogen and oxygen atoms in total. The topological polar surface area (TPSA) is 143 Å². The van der Waals surface area contributed by atoms with Gasteiger partial charge in [0.05, 0.1) is 22.7 Å². The molecule has 0 spiro atoms. The number of amides is 1. The molecule has 0 unspecified atom stereocenters. The van der Waals surface area contributed by atoms with E-state index in [1.54, 1.807) is 13.1 Å². The summed E-state index contributed by atoms with van der Waals surface area (Å²) in [6.07, 6.45) is 2.28. The fourth-order valence-corrected chi connectivity index (χ4v) is 4.59. The van der Waals surface area contributed by atoms with Gasteiger partial charge in [-0.15, -0.1) is 0 Å². The van der Waals surface area contributed by atoms with Crippen molar-refractivity contribution in [2.45, 2.75) is 32.4 Å². The Bertz CT molecular complexity index is 1240. The summed E-state index contributed by atoms with van der Waals surface area (Å²) >= 11 is 0. The molecular formula is C21H26N6O4S. The highest BCUT2D eigenvalue weighted by Crippen LogP contribution is 2.34. The molecule has 0 radical (unpaired) electrons. The first-order valence-corrected chi connectivity index (χ1v) is 12.1. The molecule has 11 heteroatoms. The molecule has 1 saturated heterocycles. The van der Waals surface area contributed by atoms with Crippen LogP contribution in [-0.4, -0.2) is 58.1 Å². The van der Waals surface area contributed by atoms with Gasteiger partial charge in [-0.1, -0.05) is 24.3 Å². The molecule has 1 aliphatic rings. The number of nitrogen functional groups attached to an aromatic ring is 1. The Hall–Kier alpha value is -3.18. The maximum atomic E-state index is 11.7. The van der Waals surface area contributed by atoms with Gasteiger partial charge in [0, 0.05) is 31.4 Å². The summed E-state index contributed by atoms with van der Waals surface area (Å²) < 4.78 is 27.8. The van der Waals surface area contributed by atoms with Crippen molar-refractivity contribution in [1.29, 1.82) is 0 Å². The van der Waals surface area contributed by atoms with E-state index in [1.807, 2.05) is 35.0 Å². The monoisotopic (exact) mass is 458 g/mol. The number of carboxylic acid groups (broad SMARTS) is 1. The number of carbonyl (C=O) groups is 1. The van der Waals surface area contributed by atoms with Gasteiger partial charge in [0.1, 0.15) is 11.5 Å². The predicted molar refractivity (Wildman–Crippen MR) is 122 cm³/mol. The van der Waals surface area contributed by atoms with Crippen LogP contribution in [0.15, 0.2) is 36.5 Å². The van der Waals surface area contributed by atoms with E-state index in [4.69, 9.17) is 10.8 Å². The van der Waals surface area contributed by atoms with Crippen LogP contribution in [0.4, 0.5) is 10.6 Å². The number of hydrogen-bond acceptors (Lipinski definition) is 6. The molecule has 2 aromatic heterocycles. The minimum absolute atomic E-state index is 0.0290. The molecular weight excluding hydrogens is 432 g/mol. The lowest BCUT2D eigenvalue weighted by Crippen LogP contribution is -2.40. The molecule has 1 fully saturated rings. The van der Waals surface area contributed by atoms with Crippen molar-refractivity contribution in [3.05, 3.63) is 42.1 Å². The minimum Gasteiger partial charge on any atom is -0.465 e. The van der Waals surface area contributed by atoms with Crippen LogP contribution in [0.2, 0.25) is 0 Å². The highest BCUT2D eigenvalue weighted by atomic mass is 32.2. The molecule has 0 saturated carbocycles. The largest absolute Gasteiger partial charge is 0.465 e. The zero-order chi connectivity index (χ0) is 22.9. The molecule has 1 aromatic carbocycles. The lowest BCUT2D eigenvalue weighted by molar-refractivity contribution is 0.120. The molecule has 3 heterocycles. The number of benzene rings is 1. The van der Waals surface area contributed by atoms with Gasteiger partial charge in [-0.3, -0.25) is 4.68 Å².